The Morgan fingerprint density at radius 2 is 1.70 bits per heavy atom. The Bertz CT molecular complexity index is 518. The first-order valence-electron chi connectivity index (χ1n) is 6.66. The van der Waals surface area contributed by atoms with Crippen molar-refractivity contribution in [1.82, 2.24) is 4.31 Å². The predicted molar refractivity (Wildman–Crippen MR) is 80.5 cm³/mol. The SMILES string of the molecule is CCN(CC(C)(C)O)S(=O)(=O)Cc1ccc(CN)cc1. The molecule has 1 aromatic carbocycles. The summed E-state index contributed by atoms with van der Waals surface area (Å²) in [5.74, 6) is -0.0677. The van der Waals surface area contributed by atoms with Gasteiger partial charge in [0.25, 0.3) is 0 Å². The Balaban J connectivity index is 2.86. The quantitative estimate of drug-likeness (QED) is 0.789. The standard InChI is InChI=1S/C14H24N2O3S/c1-4-16(11-14(2,3)17)20(18,19)10-13-7-5-12(9-15)6-8-13/h5-8,17H,4,9-11,15H2,1-3H3. The molecule has 0 unspecified atom stereocenters. The van der Waals surface area contributed by atoms with E-state index < -0.39 is 15.6 Å². The third-order valence-electron chi connectivity index (χ3n) is 2.92. The lowest BCUT2D eigenvalue weighted by Gasteiger charge is -2.27. The topological polar surface area (TPSA) is 83.6 Å². The molecule has 0 heterocycles. The molecule has 0 aliphatic rings. The first-order valence-corrected chi connectivity index (χ1v) is 8.27. The number of hydrogen-bond donors (Lipinski definition) is 2. The van der Waals surface area contributed by atoms with Crippen LogP contribution in [0.5, 0.6) is 0 Å². The first kappa shape index (κ1) is 17.1. The van der Waals surface area contributed by atoms with Gasteiger partial charge in [0, 0.05) is 19.6 Å². The number of rotatable bonds is 7. The van der Waals surface area contributed by atoms with Gasteiger partial charge in [-0.1, -0.05) is 31.2 Å². The molecule has 0 amide bonds. The highest BCUT2D eigenvalue weighted by Gasteiger charge is 2.26. The zero-order valence-electron chi connectivity index (χ0n) is 12.3. The van der Waals surface area contributed by atoms with E-state index in [1.165, 1.54) is 4.31 Å². The predicted octanol–water partition coefficient (Wildman–Crippen LogP) is 1.07. The van der Waals surface area contributed by atoms with Crippen molar-refractivity contribution in [2.75, 3.05) is 13.1 Å². The highest BCUT2D eigenvalue weighted by atomic mass is 32.2. The van der Waals surface area contributed by atoms with Crippen LogP contribution >= 0.6 is 0 Å². The van der Waals surface area contributed by atoms with Crippen LogP contribution in [0.2, 0.25) is 0 Å². The van der Waals surface area contributed by atoms with Gasteiger partial charge in [-0.25, -0.2) is 8.42 Å². The third kappa shape index (κ3) is 5.20. The molecule has 0 aliphatic heterocycles. The van der Waals surface area contributed by atoms with Crippen molar-refractivity contribution in [3.63, 3.8) is 0 Å². The minimum Gasteiger partial charge on any atom is -0.389 e. The number of nitrogens with two attached hydrogens (primary N) is 1. The van der Waals surface area contributed by atoms with E-state index in [0.29, 0.717) is 13.1 Å². The molecule has 20 heavy (non-hydrogen) atoms. The second-order valence-electron chi connectivity index (χ2n) is 5.52. The summed E-state index contributed by atoms with van der Waals surface area (Å²) < 4.78 is 26.0. The van der Waals surface area contributed by atoms with E-state index in [1.54, 1.807) is 32.9 Å². The number of aliphatic hydroxyl groups is 1. The van der Waals surface area contributed by atoms with Gasteiger partial charge in [0.1, 0.15) is 0 Å². The van der Waals surface area contributed by atoms with Crippen molar-refractivity contribution >= 4 is 10.0 Å². The van der Waals surface area contributed by atoms with E-state index in [9.17, 15) is 13.5 Å². The molecule has 0 aliphatic carbocycles. The van der Waals surface area contributed by atoms with Crippen LogP contribution in [0.15, 0.2) is 24.3 Å². The molecule has 3 N–H and O–H groups in total. The molecule has 114 valence electrons. The second kappa shape index (κ2) is 6.67. The van der Waals surface area contributed by atoms with Crippen molar-refractivity contribution in [1.29, 1.82) is 0 Å². The molecule has 0 bridgehead atoms. The van der Waals surface area contributed by atoms with Crippen LogP contribution in [-0.4, -0.2) is 36.5 Å². The van der Waals surface area contributed by atoms with E-state index in [1.807, 2.05) is 12.1 Å². The number of sulfonamides is 1. The highest BCUT2D eigenvalue weighted by Crippen LogP contribution is 2.15. The zero-order chi connectivity index (χ0) is 15.4. The van der Waals surface area contributed by atoms with Crippen molar-refractivity contribution in [3.05, 3.63) is 35.4 Å². The van der Waals surface area contributed by atoms with E-state index in [2.05, 4.69) is 0 Å². The molecule has 1 aromatic rings. The molecule has 0 saturated carbocycles. The van der Waals surface area contributed by atoms with Gasteiger partial charge in [-0.2, -0.15) is 4.31 Å². The molecule has 6 heteroatoms. The monoisotopic (exact) mass is 300 g/mol. The van der Waals surface area contributed by atoms with Crippen LogP contribution in [0.3, 0.4) is 0 Å². The maximum atomic E-state index is 12.4. The summed E-state index contributed by atoms with van der Waals surface area (Å²) in [6, 6.07) is 7.21. The smallest absolute Gasteiger partial charge is 0.218 e. The lowest BCUT2D eigenvalue weighted by atomic mass is 10.1. The van der Waals surface area contributed by atoms with Gasteiger partial charge in [-0.15, -0.1) is 0 Å². The summed E-state index contributed by atoms with van der Waals surface area (Å²) in [6.45, 7) is 5.83. The molecule has 5 nitrogen and oxygen atoms in total. The fourth-order valence-electron chi connectivity index (χ4n) is 1.91. The molecule has 0 aromatic heterocycles. The third-order valence-corrected chi connectivity index (χ3v) is 4.79. The molecular weight excluding hydrogens is 276 g/mol. The molecule has 0 fully saturated rings. The van der Waals surface area contributed by atoms with Gasteiger partial charge in [-0.05, 0) is 25.0 Å². The van der Waals surface area contributed by atoms with E-state index >= 15 is 0 Å². The van der Waals surface area contributed by atoms with Gasteiger partial charge >= 0.3 is 0 Å². The minimum absolute atomic E-state index is 0.0677. The number of hydrogen-bond acceptors (Lipinski definition) is 4. The van der Waals surface area contributed by atoms with E-state index in [0.717, 1.165) is 11.1 Å². The van der Waals surface area contributed by atoms with Crippen molar-refractivity contribution < 1.29 is 13.5 Å². The van der Waals surface area contributed by atoms with E-state index in [-0.39, 0.29) is 12.3 Å². The maximum absolute atomic E-state index is 12.4. The Hall–Kier alpha value is -0.950. The Morgan fingerprint density at radius 3 is 2.10 bits per heavy atom. The first-order chi connectivity index (χ1) is 9.18. The fourth-order valence-corrected chi connectivity index (χ4v) is 3.61. The number of nitrogens with zero attached hydrogens (tertiary/aromatic N) is 1. The minimum atomic E-state index is -3.44. The Morgan fingerprint density at radius 1 is 1.20 bits per heavy atom. The van der Waals surface area contributed by atoms with Crippen LogP contribution in [0, 0.1) is 0 Å². The largest absolute Gasteiger partial charge is 0.389 e. The van der Waals surface area contributed by atoms with Crippen molar-refractivity contribution in [2.24, 2.45) is 5.73 Å². The summed E-state index contributed by atoms with van der Waals surface area (Å²) >= 11 is 0. The summed E-state index contributed by atoms with van der Waals surface area (Å²) in [4.78, 5) is 0. The molecule has 0 radical (unpaired) electrons. The van der Waals surface area contributed by atoms with Gasteiger partial charge in [0.15, 0.2) is 0 Å². The Kier molecular flexibility index (Phi) is 5.70. The molecule has 1 rings (SSSR count). The van der Waals surface area contributed by atoms with Gasteiger partial charge in [-0.3, -0.25) is 0 Å². The summed E-state index contributed by atoms with van der Waals surface area (Å²) in [6.07, 6.45) is 0. The Labute approximate surface area is 121 Å². The summed E-state index contributed by atoms with van der Waals surface area (Å²) in [7, 11) is -3.44. The van der Waals surface area contributed by atoms with Crippen molar-refractivity contribution in [3.8, 4) is 0 Å². The van der Waals surface area contributed by atoms with Crippen LogP contribution in [0.1, 0.15) is 31.9 Å². The number of benzene rings is 1. The lowest BCUT2D eigenvalue weighted by molar-refractivity contribution is 0.0601. The summed E-state index contributed by atoms with van der Waals surface area (Å²) in [5.41, 5.74) is 6.15. The highest BCUT2D eigenvalue weighted by molar-refractivity contribution is 7.88. The van der Waals surface area contributed by atoms with Gasteiger partial charge < -0.3 is 10.8 Å². The van der Waals surface area contributed by atoms with E-state index in [4.69, 9.17) is 5.73 Å². The molecule has 0 saturated heterocycles. The normalized spacial score (nSPS) is 12.9. The van der Waals surface area contributed by atoms with Crippen LogP contribution < -0.4 is 5.73 Å². The molecule has 0 spiro atoms. The zero-order valence-corrected chi connectivity index (χ0v) is 13.2. The van der Waals surface area contributed by atoms with Crippen LogP contribution in [0.4, 0.5) is 0 Å². The average Bonchev–Trinajstić information content (AvgIpc) is 2.35. The maximum Gasteiger partial charge on any atom is 0.218 e. The van der Waals surface area contributed by atoms with Gasteiger partial charge in [0.05, 0.1) is 11.4 Å². The summed E-state index contributed by atoms with van der Waals surface area (Å²) in [5, 5.41) is 9.80. The average molecular weight is 300 g/mol. The van der Waals surface area contributed by atoms with Crippen LogP contribution in [0.25, 0.3) is 0 Å². The second-order valence-corrected chi connectivity index (χ2v) is 7.48. The van der Waals surface area contributed by atoms with Crippen molar-refractivity contribution in [2.45, 2.75) is 38.7 Å². The fraction of sp³-hybridized carbons (Fsp3) is 0.571. The van der Waals surface area contributed by atoms with Gasteiger partial charge in [0.2, 0.25) is 10.0 Å². The van der Waals surface area contributed by atoms with Crippen LogP contribution in [-0.2, 0) is 22.3 Å². The lowest BCUT2D eigenvalue weighted by Crippen LogP contribution is -2.42. The molecular formula is C14H24N2O3S. The number of likely N-dealkylation sites (N-methyl/N-ethyl adjacent to an activating group) is 1. The molecule has 0 atom stereocenters.